The Labute approximate surface area is 182 Å². The van der Waals surface area contributed by atoms with Crippen LogP contribution in [-0.2, 0) is 0 Å². The second kappa shape index (κ2) is 8.23. The molecule has 0 saturated heterocycles. The van der Waals surface area contributed by atoms with Crippen LogP contribution in [0.5, 0.6) is 0 Å². The molecule has 0 amide bonds. The highest BCUT2D eigenvalue weighted by Gasteiger charge is 2.12. The molecule has 2 heteroatoms. The van der Waals surface area contributed by atoms with Crippen LogP contribution in [0.25, 0.3) is 38.6 Å². The lowest BCUT2D eigenvalue weighted by molar-refractivity contribution is 0.0980. The standard InChI is InChI=1S/C29H25NO/c1-2-3-15-29(31)23-10-8-9-22(20-23)21-16-18-24(19-17-21)30-27-13-6-4-11-25(27)26-12-5-7-14-28(26)30/h4-14,16-20H,2-3,15H2,1H3. The van der Waals surface area contributed by atoms with Crippen molar-refractivity contribution >= 4 is 27.6 Å². The molecule has 152 valence electrons. The summed E-state index contributed by atoms with van der Waals surface area (Å²) in [5, 5.41) is 2.53. The van der Waals surface area contributed by atoms with Crippen molar-refractivity contribution in [2.75, 3.05) is 0 Å². The third-order valence-corrected chi connectivity index (χ3v) is 5.98. The van der Waals surface area contributed by atoms with Crippen molar-refractivity contribution in [2.24, 2.45) is 0 Å². The van der Waals surface area contributed by atoms with Gasteiger partial charge in [-0.2, -0.15) is 0 Å². The molecule has 4 aromatic carbocycles. The van der Waals surface area contributed by atoms with Crippen molar-refractivity contribution in [3.8, 4) is 16.8 Å². The minimum absolute atomic E-state index is 0.227. The SMILES string of the molecule is CCCCC(=O)c1cccc(-c2ccc(-n3c4ccccc4c4ccccc43)cc2)c1. The summed E-state index contributed by atoms with van der Waals surface area (Å²) in [7, 11) is 0. The summed E-state index contributed by atoms with van der Waals surface area (Å²) in [6, 6.07) is 33.7. The molecule has 0 unspecified atom stereocenters. The lowest BCUT2D eigenvalue weighted by atomic mass is 9.99. The largest absolute Gasteiger partial charge is 0.309 e. The van der Waals surface area contributed by atoms with Gasteiger partial charge in [0.05, 0.1) is 11.0 Å². The van der Waals surface area contributed by atoms with E-state index in [1.165, 1.54) is 21.8 Å². The number of para-hydroxylation sites is 2. The fraction of sp³-hybridized carbons (Fsp3) is 0.138. The highest BCUT2D eigenvalue weighted by Crippen LogP contribution is 2.32. The van der Waals surface area contributed by atoms with Crippen molar-refractivity contribution in [3.05, 3.63) is 103 Å². The normalized spacial score (nSPS) is 11.3. The van der Waals surface area contributed by atoms with E-state index in [1.54, 1.807) is 0 Å². The zero-order valence-electron chi connectivity index (χ0n) is 17.7. The summed E-state index contributed by atoms with van der Waals surface area (Å²) in [6.07, 6.45) is 2.60. The fourth-order valence-electron chi connectivity index (χ4n) is 4.36. The lowest BCUT2D eigenvalue weighted by Crippen LogP contribution is -1.98. The van der Waals surface area contributed by atoms with E-state index in [4.69, 9.17) is 0 Å². The van der Waals surface area contributed by atoms with E-state index in [2.05, 4.69) is 90.4 Å². The van der Waals surface area contributed by atoms with Crippen molar-refractivity contribution in [1.29, 1.82) is 0 Å². The van der Waals surface area contributed by atoms with Gasteiger partial charge in [-0.15, -0.1) is 0 Å². The quantitative estimate of drug-likeness (QED) is 0.265. The molecule has 0 spiro atoms. The van der Waals surface area contributed by atoms with Gasteiger partial charge >= 0.3 is 0 Å². The van der Waals surface area contributed by atoms with Gasteiger partial charge in [-0.1, -0.05) is 80.1 Å². The first-order valence-electron chi connectivity index (χ1n) is 11.0. The molecule has 0 N–H and O–H groups in total. The second-order valence-electron chi connectivity index (χ2n) is 8.02. The number of ketones is 1. The monoisotopic (exact) mass is 403 g/mol. The molecule has 0 bridgehead atoms. The Morgan fingerprint density at radius 3 is 2.00 bits per heavy atom. The number of nitrogens with zero attached hydrogens (tertiary/aromatic N) is 1. The van der Waals surface area contributed by atoms with Crippen LogP contribution < -0.4 is 0 Å². The zero-order valence-corrected chi connectivity index (χ0v) is 17.7. The molecule has 5 aromatic rings. The number of benzene rings is 4. The maximum absolute atomic E-state index is 12.4. The number of aromatic nitrogens is 1. The van der Waals surface area contributed by atoms with E-state index in [1.807, 2.05) is 18.2 Å². The number of Topliss-reactive ketones (excluding diaryl/α,β-unsaturated/α-hetero) is 1. The van der Waals surface area contributed by atoms with Gasteiger partial charge in [-0.05, 0) is 47.9 Å². The third kappa shape index (κ3) is 3.55. The smallest absolute Gasteiger partial charge is 0.162 e. The molecule has 31 heavy (non-hydrogen) atoms. The van der Waals surface area contributed by atoms with Crippen LogP contribution in [0, 0.1) is 0 Å². The van der Waals surface area contributed by atoms with Gasteiger partial charge in [0.1, 0.15) is 0 Å². The number of unbranched alkanes of at least 4 members (excludes halogenated alkanes) is 1. The van der Waals surface area contributed by atoms with Crippen LogP contribution in [0.3, 0.4) is 0 Å². The number of hydrogen-bond donors (Lipinski definition) is 0. The van der Waals surface area contributed by atoms with Gasteiger partial charge in [0.2, 0.25) is 0 Å². The van der Waals surface area contributed by atoms with Gasteiger partial charge in [-0.3, -0.25) is 4.79 Å². The Bertz CT molecular complexity index is 1320. The average Bonchev–Trinajstić information content (AvgIpc) is 3.17. The summed E-state index contributed by atoms with van der Waals surface area (Å²) in [4.78, 5) is 12.4. The van der Waals surface area contributed by atoms with Gasteiger partial charge in [0, 0.05) is 28.4 Å². The van der Waals surface area contributed by atoms with E-state index >= 15 is 0 Å². The highest BCUT2D eigenvalue weighted by molar-refractivity contribution is 6.09. The average molecular weight is 404 g/mol. The van der Waals surface area contributed by atoms with Crippen molar-refractivity contribution in [3.63, 3.8) is 0 Å². The van der Waals surface area contributed by atoms with Crippen LogP contribution in [0.15, 0.2) is 97.1 Å². The molecular weight excluding hydrogens is 378 g/mol. The number of carbonyl (C=O) groups excluding carboxylic acids is 1. The van der Waals surface area contributed by atoms with Gasteiger partial charge in [-0.25, -0.2) is 0 Å². The molecule has 1 aromatic heterocycles. The van der Waals surface area contributed by atoms with Crippen molar-refractivity contribution < 1.29 is 4.79 Å². The minimum Gasteiger partial charge on any atom is -0.309 e. The summed E-state index contributed by atoms with van der Waals surface area (Å²) in [5.41, 5.74) is 6.56. The van der Waals surface area contributed by atoms with Crippen LogP contribution in [0.2, 0.25) is 0 Å². The second-order valence-corrected chi connectivity index (χ2v) is 8.02. The van der Waals surface area contributed by atoms with Crippen LogP contribution >= 0.6 is 0 Å². The first-order valence-corrected chi connectivity index (χ1v) is 11.0. The number of carbonyl (C=O) groups is 1. The lowest BCUT2D eigenvalue weighted by Gasteiger charge is -2.10. The van der Waals surface area contributed by atoms with Gasteiger partial charge in [0.15, 0.2) is 5.78 Å². The molecule has 0 radical (unpaired) electrons. The molecule has 0 aliphatic rings. The number of rotatable bonds is 6. The summed E-state index contributed by atoms with van der Waals surface area (Å²) < 4.78 is 2.32. The summed E-state index contributed by atoms with van der Waals surface area (Å²) in [5.74, 6) is 0.227. The Morgan fingerprint density at radius 1 is 0.710 bits per heavy atom. The molecule has 0 aliphatic heterocycles. The van der Waals surface area contributed by atoms with Gasteiger partial charge < -0.3 is 4.57 Å². The summed E-state index contributed by atoms with van der Waals surface area (Å²) >= 11 is 0. The third-order valence-electron chi connectivity index (χ3n) is 5.98. The zero-order chi connectivity index (χ0) is 21.2. The summed E-state index contributed by atoms with van der Waals surface area (Å²) in [6.45, 7) is 2.11. The topological polar surface area (TPSA) is 22.0 Å². The maximum atomic E-state index is 12.4. The predicted molar refractivity (Wildman–Crippen MR) is 130 cm³/mol. The Morgan fingerprint density at radius 2 is 1.35 bits per heavy atom. The maximum Gasteiger partial charge on any atom is 0.162 e. The fourth-order valence-corrected chi connectivity index (χ4v) is 4.36. The molecule has 0 atom stereocenters. The minimum atomic E-state index is 0.227. The highest BCUT2D eigenvalue weighted by atomic mass is 16.1. The molecule has 0 saturated carbocycles. The molecule has 0 fully saturated rings. The molecule has 2 nitrogen and oxygen atoms in total. The van der Waals surface area contributed by atoms with E-state index < -0.39 is 0 Å². The van der Waals surface area contributed by atoms with Crippen LogP contribution in [0.4, 0.5) is 0 Å². The van der Waals surface area contributed by atoms with Crippen LogP contribution in [-0.4, -0.2) is 10.4 Å². The molecule has 0 aliphatic carbocycles. The first kappa shape index (κ1) is 19.3. The van der Waals surface area contributed by atoms with Gasteiger partial charge in [0.25, 0.3) is 0 Å². The molecular formula is C29H25NO. The number of fused-ring (bicyclic) bond motifs is 3. The number of hydrogen-bond acceptors (Lipinski definition) is 1. The van der Waals surface area contributed by atoms with E-state index in [9.17, 15) is 4.79 Å². The Balaban J connectivity index is 1.54. The van der Waals surface area contributed by atoms with Crippen molar-refractivity contribution in [2.45, 2.75) is 26.2 Å². The predicted octanol–water partition coefficient (Wildman–Crippen LogP) is 7.82. The van der Waals surface area contributed by atoms with E-state index in [0.717, 1.165) is 35.2 Å². The van der Waals surface area contributed by atoms with Crippen LogP contribution in [0.1, 0.15) is 36.5 Å². The Hall–Kier alpha value is -3.65. The van der Waals surface area contributed by atoms with E-state index in [-0.39, 0.29) is 5.78 Å². The molecule has 5 rings (SSSR count). The van der Waals surface area contributed by atoms with Crippen molar-refractivity contribution in [1.82, 2.24) is 4.57 Å². The first-order chi connectivity index (χ1) is 15.3. The van der Waals surface area contributed by atoms with E-state index in [0.29, 0.717) is 6.42 Å². The Kier molecular flexibility index (Phi) is 5.13. The molecule has 1 heterocycles.